The van der Waals surface area contributed by atoms with E-state index >= 15 is 0 Å². The number of fused-ring (bicyclic) bond motifs is 1. The van der Waals surface area contributed by atoms with Crippen molar-refractivity contribution in [1.82, 2.24) is 5.32 Å². The molecule has 0 fully saturated rings. The third-order valence-corrected chi connectivity index (χ3v) is 5.25. The highest BCUT2D eigenvalue weighted by molar-refractivity contribution is 9.10. The summed E-state index contributed by atoms with van der Waals surface area (Å²) in [6.07, 6.45) is 1.77. The summed E-state index contributed by atoms with van der Waals surface area (Å²) in [5, 5.41) is 2.97. The molecular weight excluding hydrogens is 426 g/mol. The van der Waals surface area contributed by atoms with Gasteiger partial charge in [0.2, 0.25) is 5.91 Å². The van der Waals surface area contributed by atoms with Gasteiger partial charge in [0.15, 0.2) is 23.0 Å². The molecule has 0 spiro atoms. The van der Waals surface area contributed by atoms with Gasteiger partial charge in [-0.2, -0.15) is 0 Å². The first kappa shape index (κ1) is 20.3. The van der Waals surface area contributed by atoms with Crippen LogP contribution in [0.5, 0.6) is 23.0 Å². The summed E-state index contributed by atoms with van der Waals surface area (Å²) in [5.41, 5.74) is 2.10. The van der Waals surface area contributed by atoms with E-state index in [4.69, 9.17) is 18.9 Å². The Hall–Kier alpha value is -2.41. The highest BCUT2D eigenvalue weighted by atomic mass is 79.9. The monoisotopic (exact) mass is 449 g/mol. The molecule has 3 rings (SSSR count). The number of hydrogen-bond acceptors (Lipinski definition) is 5. The van der Waals surface area contributed by atoms with Crippen molar-refractivity contribution in [2.75, 3.05) is 34.0 Å². The van der Waals surface area contributed by atoms with Gasteiger partial charge in [-0.1, -0.05) is 22.0 Å². The van der Waals surface area contributed by atoms with Crippen LogP contribution in [0.15, 0.2) is 34.8 Å². The van der Waals surface area contributed by atoms with Gasteiger partial charge < -0.3 is 24.3 Å². The number of carbonyl (C=O) groups excluding carboxylic acids is 1. The third kappa shape index (κ3) is 5.10. The molecular formula is C21H24BrNO5. The van der Waals surface area contributed by atoms with Gasteiger partial charge in [-0.05, 0) is 48.2 Å². The number of rotatable bonds is 8. The molecule has 0 unspecified atom stereocenters. The summed E-state index contributed by atoms with van der Waals surface area (Å²) in [6.45, 7) is 1.68. The second-order valence-electron chi connectivity index (χ2n) is 6.38. The van der Waals surface area contributed by atoms with Crippen LogP contribution in [0.3, 0.4) is 0 Å². The van der Waals surface area contributed by atoms with E-state index in [-0.39, 0.29) is 5.91 Å². The zero-order valence-corrected chi connectivity index (χ0v) is 17.6. The molecule has 0 saturated carbocycles. The van der Waals surface area contributed by atoms with Gasteiger partial charge in [-0.3, -0.25) is 4.79 Å². The minimum atomic E-state index is 0.0199. The predicted molar refractivity (Wildman–Crippen MR) is 110 cm³/mol. The Morgan fingerprint density at radius 1 is 1.04 bits per heavy atom. The van der Waals surface area contributed by atoms with Gasteiger partial charge in [0, 0.05) is 17.4 Å². The Kier molecular flexibility index (Phi) is 7.03. The highest BCUT2D eigenvalue weighted by Gasteiger charge is 2.13. The molecule has 1 aliphatic rings. The van der Waals surface area contributed by atoms with Gasteiger partial charge >= 0.3 is 0 Å². The van der Waals surface area contributed by atoms with Crippen molar-refractivity contribution in [3.8, 4) is 23.0 Å². The van der Waals surface area contributed by atoms with E-state index in [2.05, 4.69) is 21.2 Å². The second-order valence-corrected chi connectivity index (χ2v) is 7.23. The Bertz CT molecular complexity index is 840. The van der Waals surface area contributed by atoms with Gasteiger partial charge in [0.05, 0.1) is 14.2 Å². The molecule has 2 aromatic rings. The molecule has 0 saturated heterocycles. The average molecular weight is 450 g/mol. The van der Waals surface area contributed by atoms with Crippen LogP contribution in [0.2, 0.25) is 0 Å². The minimum absolute atomic E-state index is 0.0199. The van der Waals surface area contributed by atoms with Crippen LogP contribution in [-0.2, 0) is 17.6 Å². The van der Waals surface area contributed by atoms with E-state index in [0.717, 1.165) is 27.1 Å². The number of ether oxygens (including phenoxy) is 4. The first-order valence-corrected chi connectivity index (χ1v) is 9.95. The van der Waals surface area contributed by atoms with Crippen LogP contribution >= 0.6 is 15.9 Å². The number of halogens is 1. The summed E-state index contributed by atoms with van der Waals surface area (Å²) >= 11 is 3.54. The maximum Gasteiger partial charge on any atom is 0.220 e. The second kappa shape index (κ2) is 9.68. The lowest BCUT2D eigenvalue weighted by Crippen LogP contribution is -2.26. The Labute approximate surface area is 173 Å². The quantitative estimate of drug-likeness (QED) is 0.667. The van der Waals surface area contributed by atoms with E-state index in [0.29, 0.717) is 50.5 Å². The van der Waals surface area contributed by atoms with E-state index < -0.39 is 0 Å². The SMILES string of the molecule is COc1cc(Br)c(CCNC(=O)CCc2ccc3c(c2)OCCO3)cc1OC. The molecule has 1 N–H and O–H groups in total. The van der Waals surface area contributed by atoms with Crippen molar-refractivity contribution in [3.63, 3.8) is 0 Å². The summed E-state index contributed by atoms with van der Waals surface area (Å²) in [5.74, 6) is 2.88. The lowest BCUT2D eigenvalue weighted by Gasteiger charge is -2.18. The molecule has 0 aromatic heterocycles. The highest BCUT2D eigenvalue weighted by Crippen LogP contribution is 2.33. The van der Waals surface area contributed by atoms with E-state index in [9.17, 15) is 4.79 Å². The number of nitrogens with one attached hydrogen (secondary N) is 1. The fourth-order valence-corrected chi connectivity index (χ4v) is 3.53. The molecule has 0 bridgehead atoms. The van der Waals surface area contributed by atoms with Gasteiger partial charge in [0.25, 0.3) is 0 Å². The Balaban J connectivity index is 1.47. The van der Waals surface area contributed by atoms with Gasteiger partial charge in [-0.25, -0.2) is 0 Å². The zero-order chi connectivity index (χ0) is 19.9. The summed E-state index contributed by atoms with van der Waals surface area (Å²) in [6, 6.07) is 9.61. The number of hydrogen-bond donors (Lipinski definition) is 1. The molecule has 0 radical (unpaired) electrons. The molecule has 1 aliphatic heterocycles. The number of aryl methyl sites for hydroxylation is 1. The van der Waals surface area contributed by atoms with Crippen LogP contribution in [0.1, 0.15) is 17.5 Å². The van der Waals surface area contributed by atoms with Crippen molar-refractivity contribution in [2.45, 2.75) is 19.3 Å². The van der Waals surface area contributed by atoms with Crippen LogP contribution < -0.4 is 24.3 Å². The number of methoxy groups -OCH3 is 2. The maximum absolute atomic E-state index is 12.2. The Morgan fingerprint density at radius 2 is 1.75 bits per heavy atom. The van der Waals surface area contributed by atoms with Crippen LogP contribution in [0.4, 0.5) is 0 Å². The molecule has 0 atom stereocenters. The first-order valence-electron chi connectivity index (χ1n) is 9.16. The maximum atomic E-state index is 12.2. The largest absolute Gasteiger partial charge is 0.493 e. The molecule has 28 heavy (non-hydrogen) atoms. The summed E-state index contributed by atoms with van der Waals surface area (Å²) in [4.78, 5) is 12.2. The fourth-order valence-electron chi connectivity index (χ4n) is 3.01. The molecule has 1 heterocycles. The Morgan fingerprint density at radius 3 is 2.50 bits per heavy atom. The molecule has 7 heteroatoms. The van der Waals surface area contributed by atoms with Crippen molar-refractivity contribution in [2.24, 2.45) is 0 Å². The summed E-state index contributed by atoms with van der Waals surface area (Å²) < 4.78 is 22.6. The molecule has 2 aromatic carbocycles. The van der Waals surface area contributed by atoms with Crippen molar-refractivity contribution in [3.05, 3.63) is 45.9 Å². The van der Waals surface area contributed by atoms with Crippen molar-refractivity contribution >= 4 is 21.8 Å². The zero-order valence-electron chi connectivity index (χ0n) is 16.0. The number of carbonyl (C=O) groups is 1. The van der Waals surface area contributed by atoms with Crippen molar-refractivity contribution in [1.29, 1.82) is 0 Å². The fraction of sp³-hybridized carbons (Fsp3) is 0.381. The average Bonchev–Trinajstić information content (AvgIpc) is 2.72. The molecule has 0 aliphatic carbocycles. The standard InChI is InChI=1S/C21H24BrNO5/c1-25-18-12-15(16(22)13-19(18)26-2)7-8-23-21(24)6-4-14-3-5-17-20(11-14)28-10-9-27-17/h3,5,11-13H,4,6-10H2,1-2H3,(H,23,24). The van der Waals surface area contributed by atoms with E-state index in [1.54, 1.807) is 14.2 Å². The number of benzene rings is 2. The van der Waals surface area contributed by atoms with Crippen LogP contribution in [0.25, 0.3) is 0 Å². The predicted octanol–water partition coefficient (Wildman–Crippen LogP) is 3.53. The normalized spacial score (nSPS) is 12.4. The van der Waals surface area contributed by atoms with E-state index in [1.165, 1.54) is 0 Å². The smallest absolute Gasteiger partial charge is 0.220 e. The summed E-state index contributed by atoms with van der Waals surface area (Å²) in [7, 11) is 3.21. The van der Waals surface area contributed by atoms with Crippen molar-refractivity contribution < 1.29 is 23.7 Å². The third-order valence-electron chi connectivity index (χ3n) is 4.52. The number of amides is 1. The minimum Gasteiger partial charge on any atom is -0.493 e. The molecule has 150 valence electrons. The topological polar surface area (TPSA) is 66.0 Å². The van der Waals surface area contributed by atoms with Crippen LogP contribution in [0, 0.1) is 0 Å². The van der Waals surface area contributed by atoms with Gasteiger partial charge in [-0.15, -0.1) is 0 Å². The lowest BCUT2D eigenvalue weighted by molar-refractivity contribution is -0.121. The van der Waals surface area contributed by atoms with Crippen LogP contribution in [-0.4, -0.2) is 39.9 Å². The molecule has 6 nitrogen and oxygen atoms in total. The first-order chi connectivity index (χ1) is 13.6. The van der Waals surface area contributed by atoms with E-state index in [1.807, 2.05) is 30.3 Å². The lowest BCUT2D eigenvalue weighted by atomic mass is 10.1. The molecule has 1 amide bonds. The van der Waals surface area contributed by atoms with Gasteiger partial charge in [0.1, 0.15) is 13.2 Å².